The Morgan fingerprint density at radius 3 is 2.13 bits per heavy atom. The molecular formula is C34H42O5. The van der Waals surface area contributed by atoms with Crippen LogP contribution < -0.4 is 4.74 Å². The zero-order valence-electron chi connectivity index (χ0n) is 23.6. The van der Waals surface area contributed by atoms with Crippen molar-refractivity contribution in [2.75, 3.05) is 6.61 Å². The molecule has 0 spiro atoms. The Morgan fingerprint density at radius 1 is 0.923 bits per heavy atom. The van der Waals surface area contributed by atoms with Crippen LogP contribution in [0.5, 0.6) is 5.75 Å². The number of carboxylic acids is 1. The second-order valence-electron chi connectivity index (χ2n) is 13.1. The van der Waals surface area contributed by atoms with Gasteiger partial charge in [0.15, 0.2) is 0 Å². The molecule has 4 saturated carbocycles. The predicted octanol–water partition coefficient (Wildman–Crippen LogP) is 7.81. The topological polar surface area (TPSA) is 72.8 Å². The summed E-state index contributed by atoms with van der Waals surface area (Å²) >= 11 is 0. The fraction of sp³-hybridized carbons (Fsp3) is 0.529. The van der Waals surface area contributed by atoms with Crippen LogP contribution in [-0.2, 0) is 19.7 Å². The zero-order chi connectivity index (χ0) is 27.6. The van der Waals surface area contributed by atoms with Crippen molar-refractivity contribution in [2.45, 2.75) is 89.6 Å². The molecule has 0 aromatic heterocycles. The van der Waals surface area contributed by atoms with Crippen LogP contribution in [0.2, 0.25) is 0 Å². The number of esters is 1. The maximum Gasteiger partial charge on any atom is 0.331 e. The first-order valence-corrected chi connectivity index (χ1v) is 14.6. The Kier molecular flexibility index (Phi) is 7.89. The molecule has 0 atom stereocenters. The lowest BCUT2D eigenvalue weighted by Gasteiger charge is -2.57. The monoisotopic (exact) mass is 530 g/mol. The molecule has 0 heterocycles. The highest BCUT2D eigenvalue weighted by atomic mass is 16.6. The molecule has 0 radical (unpaired) electrons. The smallest absolute Gasteiger partial charge is 0.331 e. The van der Waals surface area contributed by atoms with Gasteiger partial charge in [0.25, 0.3) is 0 Å². The molecule has 39 heavy (non-hydrogen) atoms. The fourth-order valence-electron chi connectivity index (χ4n) is 7.54. The van der Waals surface area contributed by atoms with Crippen molar-refractivity contribution in [1.82, 2.24) is 0 Å². The summed E-state index contributed by atoms with van der Waals surface area (Å²) in [6.07, 6.45) is 12.8. The van der Waals surface area contributed by atoms with Crippen molar-refractivity contribution in [3.05, 3.63) is 59.7 Å². The lowest BCUT2D eigenvalue weighted by Crippen LogP contribution is -2.48. The van der Waals surface area contributed by atoms with Crippen molar-refractivity contribution < 1.29 is 24.2 Å². The van der Waals surface area contributed by atoms with Crippen LogP contribution >= 0.6 is 0 Å². The number of carbonyl (C=O) groups excluding carboxylic acids is 1. The summed E-state index contributed by atoms with van der Waals surface area (Å²) in [4.78, 5) is 22.9. The molecule has 2 aromatic rings. The van der Waals surface area contributed by atoms with Gasteiger partial charge in [-0.3, -0.25) is 4.79 Å². The maximum absolute atomic E-state index is 12.0. The van der Waals surface area contributed by atoms with Crippen molar-refractivity contribution in [3.8, 4) is 16.9 Å². The first kappa shape index (κ1) is 27.5. The Morgan fingerprint density at radius 2 is 1.54 bits per heavy atom. The number of unbranched alkanes of at least 4 members (excludes halogenated alkanes) is 1. The number of aliphatic carboxylic acids is 1. The van der Waals surface area contributed by atoms with Gasteiger partial charge in [-0.2, -0.15) is 0 Å². The van der Waals surface area contributed by atoms with Gasteiger partial charge < -0.3 is 14.6 Å². The number of ether oxygens (including phenoxy) is 2. The molecule has 2 aromatic carbocycles. The van der Waals surface area contributed by atoms with Gasteiger partial charge >= 0.3 is 11.9 Å². The summed E-state index contributed by atoms with van der Waals surface area (Å²) in [6.45, 7) is 6.13. The molecular weight excluding hydrogens is 488 g/mol. The Hall–Kier alpha value is -3.08. The van der Waals surface area contributed by atoms with Crippen LogP contribution in [-0.4, -0.2) is 29.3 Å². The van der Waals surface area contributed by atoms with Gasteiger partial charge in [-0.05, 0) is 130 Å². The van der Waals surface area contributed by atoms with Gasteiger partial charge in [0.1, 0.15) is 11.4 Å². The Bertz CT molecular complexity index is 1180. The highest BCUT2D eigenvalue weighted by Crippen LogP contribution is 2.62. The standard InChI is InChI=1S/C34H42O5/c1-33(2,3)39-32(37)14-9-23-7-10-27(11-8-23)28-12-13-30(38-15-5-4-6-31(35)36)29(19-28)34-20-24-16-25(21-34)18-26(17-24)22-34/h7-14,19,24-26H,4-6,15-18,20-22H2,1-3H3,(H,35,36). The molecule has 0 aliphatic heterocycles. The average molecular weight is 531 g/mol. The fourth-order valence-corrected chi connectivity index (χ4v) is 7.54. The van der Waals surface area contributed by atoms with Gasteiger partial charge in [-0.25, -0.2) is 4.79 Å². The quantitative estimate of drug-likeness (QED) is 0.193. The second-order valence-corrected chi connectivity index (χ2v) is 13.1. The van der Waals surface area contributed by atoms with Gasteiger partial charge in [0.05, 0.1) is 6.61 Å². The number of hydrogen-bond donors (Lipinski definition) is 1. The third kappa shape index (κ3) is 6.74. The summed E-state index contributed by atoms with van der Waals surface area (Å²) in [5.41, 5.74) is 4.31. The maximum atomic E-state index is 12.0. The largest absolute Gasteiger partial charge is 0.493 e. The summed E-state index contributed by atoms with van der Waals surface area (Å²) in [5.74, 6) is 2.39. The molecule has 5 nitrogen and oxygen atoms in total. The minimum absolute atomic E-state index is 0.188. The summed E-state index contributed by atoms with van der Waals surface area (Å²) < 4.78 is 11.7. The lowest BCUT2D eigenvalue weighted by molar-refractivity contribution is -0.148. The van der Waals surface area contributed by atoms with Crippen molar-refractivity contribution in [2.24, 2.45) is 17.8 Å². The Labute approximate surface area is 232 Å². The van der Waals surface area contributed by atoms with E-state index < -0.39 is 11.6 Å². The average Bonchev–Trinajstić information content (AvgIpc) is 2.86. The number of hydrogen-bond acceptors (Lipinski definition) is 4. The molecule has 4 fully saturated rings. The molecule has 4 aliphatic carbocycles. The van der Waals surface area contributed by atoms with E-state index in [1.165, 1.54) is 55.7 Å². The van der Waals surface area contributed by atoms with Crippen LogP contribution in [0.3, 0.4) is 0 Å². The first-order chi connectivity index (χ1) is 18.6. The van der Waals surface area contributed by atoms with E-state index in [2.05, 4.69) is 30.3 Å². The number of benzene rings is 2. The molecule has 5 heteroatoms. The van der Waals surface area contributed by atoms with E-state index in [1.54, 1.807) is 6.08 Å². The number of carboxylic acid groups (broad SMARTS) is 1. The van der Waals surface area contributed by atoms with Gasteiger partial charge in [-0.1, -0.05) is 30.3 Å². The van der Waals surface area contributed by atoms with E-state index in [0.717, 1.165) is 41.1 Å². The van der Waals surface area contributed by atoms with Gasteiger partial charge in [0, 0.05) is 18.1 Å². The molecule has 6 rings (SSSR count). The van der Waals surface area contributed by atoms with Crippen LogP contribution in [0.15, 0.2) is 48.5 Å². The van der Waals surface area contributed by atoms with Gasteiger partial charge in [0.2, 0.25) is 0 Å². The highest BCUT2D eigenvalue weighted by molar-refractivity contribution is 5.87. The van der Waals surface area contributed by atoms with Gasteiger partial charge in [-0.15, -0.1) is 0 Å². The summed E-state index contributed by atoms with van der Waals surface area (Å²) in [6, 6.07) is 14.9. The minimum Gasteiger partial charge on any atom is -0.493 e. The van der Waals surface area contributed by atoms with Crippen molar-refractivity contribution in [3.63, 3.8) is 0 Å². The first-order valence-electron chi connectivity index (χ1n) is 14.6. The van der Waals surface area contributed by atoms with E-state index in [9.17, 15) is 9.59 Å². The molecule has 0 amide bonds. The van der Waals surface area contributed by atoms with Crippen LogP contribution in [0.4, 0.5) is 0 Å². The van der Waals surface area contributed by atoms with E-state index in [1.807, 2.05) is 32.9 Å². The highest BCUT2D eigenvalue weighted by Gasteiger charge is 2.52. The molecule has 1 N–H and O–H groups in total. The van der Waals surface area contributed by atoms with E-state index in [-0.39, 0.29) is 17.8 Å². The van der Waals surface area contributed by atoms with E-state index >= 15 is 0 Å². The third-order valence-corrected chi connectivity index (χ3v) is 8.69. The van der Waals surface area contributed by atoms with Crippen LogP contribution in [0.1, 0.15) is 89.7 Å². The SMILES string of the molecule is CC(C)(C)OC(=O)C=Cc1ccc(-c2ccc(OCCCCC(=O)O)c(C34CC5CC(CC(C5)C3)C4)c2)cc1. The molecule has 0 unspecified atom stereocenters. The third-order valence-electron chi connectivity index (χ3n) is 8.69. The summed E-state index contributed by atoms with van der Waals surface area (Å²) in [5, 5.41) is 8.96. The Balaban J connectivity index is 1.37. The van der Waals surface area contributed by atoms with E-state index in [4.69, 9.17) is 14.6 Å². The number of rotatable bonds is 10. The van der Waals surface area contributed by atoms with Crippen LogP contribution in [0, 0.1) is 17.8 Å². The van der Waals surface area contributed by atoms with E-state index in [0.29, 0.717) is 13.0 Å². The molecule has 0 saturated heterocycles. The molecule has 4 aliphatic rings. The molecule has 4 bridgehead atoms. The number of carbonyl (C=O) groups is 2. The van der Waals surface area contributed by atoms with Crippen molar-refractivity contribution in [1.29, 1.82) is 0 Å². The minimum atomic E-state index is -0.750. The molecule has 208 valence electrons. The predicted molar refractivity (Wildman–Crippen MR) is 154 cm³/mol. The van der Waals surface area contributed by atoms with Crippen molar-refractivity contribution >= 4 is 18.0 Å². The lowest BCUT2D eigenvalue weighted by atomic mass is 9.48. The second kappa shape index (κ2) is 11.2. The normalized spacial score (nSPS) is 25.7. The zero-order valence-corrected chi connectivity index (χ0v) is 23.6. The van der Waals surface area contributed by atoms with Crippen LogP contribution in [0.25, 0.3) is 17.2 Å². The summed E-state index contributed by atoms with van der Waals surface area (Å²) in [7, 11) is 0.